The lowest BCUT2D eigenvalue weighted by Crippen LogP contribution is -2.29. The van der Waals surface area contributed by atoms with E-state index in [9.17, 15) is 0 Å². The monoisotopic (exact) mass is 472 g/mol. The van der Waals surface area contributed by atoms with Crippen LogP contribution in [0.2, 0.25) is 0 Å². The van der Waals surface area contributed by atoms with E-state index in [2.05, 4.69) is 63.5 Å². The highest BCUT2D eigenvalue weighted by Gasteiger charge is 2.26. The molecule has 0 saturated heterocycles. The summed E-state index contributed by atoms with van der Waals surface area (Å²) in [4.78, 5) is 13.3. The van der Waals surface area contributed by atoms with Crippen molar-refractivity contribution in [1.82, 2.24) is 24.6 Å². The minimum absolute atomic E-state index is 0.256. The number of nitrogens with two attached hydrogens (primary N) is 1. The highest BCUT2D eigenvalue weighted by Crippen LogP contribution is 2.39. The van der Waals surface area contributed by atoms with Crippen molar-refractivity contribution in [2.24, 2.45) is 7.05 Å². The number of aromatic nitrogens is 4. The van der Waals surface area contributed by atoms with Gasteiger partial charge in [0.05, 0.1) is 40.6 Å². The number of likely N-dealkylation sites (N-methyl/N-ethyl adjacent to an activating group) is 2. The van der Waals surface area contributed by atoms with Crippen LogP contribution in [0.3, 0.4) is 0 Å². The normalized spacial score (nSPS) is 13.4. The number of nitrogen functional groups attached to an aromatic ring is 1. The zero-order chi connectivity index (χ0) is 24.5. The lowest BCUT2D eigenvalue weighted by molar-refractivity contribution is 0.305. The smallest absolute Gasteiger partial charge is 0.145 e. The maximum Gasteiger partial charge on any atom is 0.145 e. The Morgan fingerprint density at radius 1 is 1.09 bits per heavy atom. The van der Waals surface area contributed by atoms with Crippen LogP contribution in [0.4, 0.5) is 22.9 Å². The Labute approximate surface area is 205 Å². The van der Waals surface area contributed by atoms with Crippen LogP contribution >= 0.6 is 0 Å². The van der Waals surface area contributed by atoms with Crippen LogP contribution in [0.5, 0.6) is 5.75 Å². The standard InChI is InChI=1S/C26H32N8O/c1-32(2)9-10-33(3)24-14-25(35-19-6-7-19)22(12-20(24)27)31-26-13-21(28-16-29-26)17-5-8-23-18(11-17)15-30-34(23)4/h5,8,11-16,19H,6-7,9-10,27H2,1-4H3,(H,28,29,31). The van der Waals surface area contributed by atoms with Gasteiger partial charge in [-0.05, 0) is 45.1 Å². The van der Waals surface area contributed by atoms with E-state index in [0.29, 0.717) is 11.5 Å². The third-order valence-corrected chi connectivity index (χ3v) is 6.21. The predicted molar refractivity (Wildman–Crippen MR) is 141 cm³/mol. The van der Waals surface area contributed by atoms with E-state index in [1.54, 1.807) is 6.33 Å². The Balaban J connectivity index is 1.43. The molecule has 1 saturated carbocycles. The van der Waals surface area contributed by atoms with Crippen molar-refractivity contribution in [3.8, 4) is 17.0 Å². The van der Waals surface area contributed by atoms with Crippen LogP contribution in [0.1, 0.15) is 12.8 Å². The van der Waals surface area contributed by atoms with Crippen molar-refractivity contribution < 1.29 is 4.74 Å². The average Bonchev–Trinajstić information content (AvgIpc) is 3.59. The molecule has 1 fully saturated rings. The van der Waals surface area contributed by atoms with Crippen LogP contribution in [0.15, 0.2) is 48.9 Å². The van der Waals surface area contributed by atoms with Gasteiger partial charge in [0.1, 0.15) is 17.9 Å². The fourth-order valence-corrected chi connectivity index (χ4v) is 3.99. The second-order valence-electron chi connectivity index (χ2n) is 9.40. The van der Waals surface area contributed by atoms with Crippen LogP contribution < -0.4 is 20.7 Å². The molecule has 9 heteroatoms. The Kier molecular flexibility index (Phi) is 6.17. The van der Waals surface area contributed by atoms with E-state index in [1.165, 1.54) is 0 Å². The summed E-state index contributed by atoms with van der Waals surface area (Å²) in [5, 5.41) is 8.81. The lowest BCUT2D eigenvalue weighted by Gasteiger charge is -2.25. The number of nitrogens with zero attached hydrogens (tertiary/aromatic N) is 6. The number of ether oxygens (including phenoxy) is 1. The first-order chi connectivity index (χ1) is 16.9. The molecule has 5 rings (SSSR count). The summed E-state index contributed by atoms with van der Waals surface area (Å²) in [7, 11) is 8.12. The SMILES string of the molecule is CN(C)CCN(C)c1cc(OC2CC2)c(Nc2cc(-c3ccc4c(cnn4C)c3)ncn2)cc1N. The molecule has 0 aliphatic heterocycles. The molecule has 0 radical (unpaired) electrons. The molecule has 0 bridgehead atoms. The molecule has 9 nitrogen and oxygen atoms in total. The first kappa shape index (κ1) is 22.9. The lowest BCUT2D eigenvalue weighted by atomic mass is 10.1. The summed E-state index contributed by atoms with van der Waals surface area (Å²) in [5.74, 6) is 1.46. The second kappa shape index (κ2) is 9.42. The molecular formula is C26H32N8O. The van der Waals surface area contributed by atoms with Crippen molar-refractivity contribution >= 4 is 33.8 Å². The van der Waals surface area contributed by atoms with Gasteiger partial charge in [-0.1, -0.05) is 6.07 Å². The third kappa shape index (κ3) is 5.14. The predicted octanol–water partition coefficient (Wildman–Crippen LogP) is 3.90. The highest BCUT2D eigenvalue weighted by molar-refractivity contribution is 5.84. The summed E-state index contributed by atoms with van der Waals surface area (Å²) >= 11 is 0. The molecule has 0 amide bonds. The van der Waals surface area contributed by atoms with Gasteiger partial charge in [0.2, 0.25) is 0 Å². The molecule has 0 unspecified atom stereocenters. The molecule has 2 aromatic carbocycles. The number of hydrogen-bond acceptors (Lipinski definition) is 8. The molecule has 1 aliphatic carbocycles. The summed E-state index contributed by atoms with van der Waals surface area (Å²) in [6.45, 7) is 1.80. The topological polar surface area (TPSA) is 97.4 Å². The zero-order valence-corrected chi connectivity index (χ0v) is 20.7. The van der Waals surface area contributed by atoms with Crippen molar-refractivity contribution in [2.45, 2.75) is 18.9 Å². The van der Waals surface area contributed by atoms with Crippen LogP contribution in [-0.2, 0) is 7.05 Å². The zero-order valence-electron chi connectivity index (χ0n) is 20.7. The van der Waals surface area contributed by atoms with Crippen LogP contribution in [-0.4, -0.2) is 65.0 Å². The molecule has 182 valence electrons. The van der Waals surface area contributed by atoms with Crippen molar-refractivity contribution in [2.75, 3.05) is 50.2 Å². The summed E-state index contributed by atoms with van der Waals surface area (Å²) in [5.41, 5.74) is 11.8. The van der Waals surface area contributed by atoms with Crippen LogP contribution in [0.25, 0.3) is 22.2 Å². The third-order valence-electron chi connectivity index (χ3n) is 6.21. The molecule has 1 aliphatic rings. The number of nitrogens with one attached hydrogen (secondary N) is 1. The molecule has 2 heterocycles. The first-order valence-electron chi connectivity index (χ1n) is 11.8. The minimum Gasteiger partial charge on any atom is -0.488 e. The Morgan fingerprint density at radius 2 is 1.91 bits per heavy atom. The van der Waals surface area contributed by atoms with Gasteiger partial charge in [0.25, 0.3) is 0 Å². The molecule has 3 N–H and O–H groups in total. The molecule has 0 spiro atoms. The van der Waals surface area contributed by atoms with Crippen LogP contribution in [0, 0.1) is 0 Å². The number of hydrogen-bond donors (Lipinski definition) is 2. The van der Waals surface area contributed by atoms with E-state index in [-0.39, 0.29) is 6.10 Å². The van der Waals surface area contributed by atoms with Crippen molar-refractivity contribution in [1.29, 1.82) is 0 Å². The average molecular weight is 473 g/mol. The number of rotatable bonds is 9. The molecule has 2 aromatic heterocycles. The maximum absolute atomic E-state index is 6.48. The fraction of sp³-hybridized carbons (Fsp3) is 0.346. The molecular weight excluding hydrogens is 440 g/mol. The van der Waals surface area contributed by atoms with Crippen molar-refractivity contribution in [3.05, 3.63) is 48.9 Å². The number of anilines is 4. The van der Waals surface area contributed by atoms with E-state index in [1.807, 2.05) is 42.2 Å². The van der Waals surface area contributed by atoms with Gasteiger partial charge in [0.15, 0.2) is 0 Å². The Bertz CT molecular complexity index is 1340. The van der Waals surface area contributed by atoms with E-state index in [0.717, 1.165) is 65.2 Å². The van der Waals surface area contributed by atoms with Gasteiger partial charge < -0.3 is 25.6 Å². The van der Waals surface area contributed by atoms with Gasteiger partial charge in [0, 0.05) is 50.3 Å². The largest absolute Gasteiger partial charge is 0.488 e. The van der Waals surface area contributed by atoms with Gasteiger partial charge >= 0.3 is 0 Å². The van der Waals surface area contributed by atoms with Gasteiger partial charge in [-0.25, -0.2) is 9.97 Å². The summed E-state index contributed by atoms with van der Waals surface area (Å²) < 4.78 is 8.12. The van der Waals surface area contributed by atoms with Gasteiger partial charge in [-0.15, -0.1) is 0 Å². The van der Waals surface area contributed by atoms with Gasteiger partial charge in [-0.3, -0.25) is 4.68 Å². The molecule has 4 aromatic rings. The van der Waals surface area contributed by atoms with E-state index in [4.69, 9.17) is 10.5 Å². The number of aryl methyl sites for hydroxylation is 1. The Morgan fingerprint density at radius 3 is 2.69 bits per heavy atom. The van der Waals surface area contributed by atoms with E-state index < -0.39 is 0 Å². The fourth-order valence-electron chi connectivity index (χ4n) is 3.99. The molecule has 0 atom stereocenters. The first-order valence-corrected chi connectivity index (χ1v) is 11.8. The summed E-state index contributed by atoms with van der Waals surface area (Å²) in [6, 6.07) is 12.1. The summed E-state index contributed by atoms with van der Waals surface area (Å²) in [6.07, 6.45) is 5.83. The van der Waals surface area contributed by atoms with E-state index >= 15 is 0 Å². The highest BCUT2D eigenvalue weighted by atomic mass is 16.5. The second-order valence-corrected chi connectivity index (χ2v) is 9.40. The maximum atomic E-state index is 6.48. The quantitative estimate of drug-likeness (QED) is 0.354. The van der Waals surface area contributed by atoms with Crippen molar-refractivity contribution in [3.63, 3.8) is 0 Å². The number of benzene rings is 2. The molecule has 35 heavy (non-hydrogen) atoms. The van der Waals surface area contributed by atoms with Gasteiger partial charge in [-0.2, -0.15) is 5.10 Å². The Hall–Kier alpha value is -3.85. The number of fused-ring (bicyclic) bond motifs is 1. The minimum atomic E-state index is 0.256.